The minimum Gasteiger partial charge on any atom is -0.306 e. The first-order valence-corrected chi connectivity index (χ1v) is 8.75. The number of hydrogen-bond acceptors (Lipinski definition) is 2. The van der Waals surface area contributed by atoms with Gasteiger partial charge in [0, 0.05) is 23.7 Å². The highest BCUT2D eigenvalue weighted by atomic mass is 79.9. The predicted octanol–water partition coefficient (Wildman–Crippen LogP) is 5.93. The molecule has 1 unspecified atom stereocenters. The number of aryl methyl sites for hydroxylation is 1. The molecule has 2 aromatic rings. The summed E-state index contributed by atoms with van der Waals surface area (Å²) in [4.78, 5) is 2.59. The van der Waals surface area contributed by atoms with Gasteiger partial charge in [-0.1, -0.05) is 40.5 Å². The van der Waals surface area contributed by atoms with Crippen molar-refractivity contribution in [3.63, 3.8) is 0 Å². The highest BCUT2D eigenvalue weighted by molar-refractivity contribution is 9.10. The topological polar surface area (TPSA) is 12.0 Å². The zero-order chi connectivity index (χ0) is 14.0. The zero-order valence-corrected chi connectivity index (χ0v) is 15.4. The highest BCUT2D eigenvalue weighted by Gasteiger charge is 2.20. The molecule has 1 heterocycles. The summed E-state index contributed by atoms with van der Waals surface area (Å²) < 4.78 is 2.19. The van der Waals surface area contributed by atoms with E-state index in [2.05, 4.69) is 63.2 Å². The lowest BCUT2D eigenvalue weighted by Gasteiger charge is -2.19. The molecule has 0 fully saturated rings. The largest absolute Gasteiger partial charge is 0.306 e. The van der Waals surface area contributed by atoms with Crippen LogP contribution in [0.4, 0.5) is 0 Å². The second kappa shape index (κ2) is 6.72. The molecular weight excluding hydrogens is 409 g/mol. The Morgan fingerprint density at radius 3 is 2.53 bits per heavy atom. The number of halogens is 3. The average Bonchev–Trinajstić information content (AvgIpc) is 2.66. The van der Waals surface area contributed by atoms with Crippen molar-refractivity contribution in [1.29, 1.82) is 0 Å². The molecule has 0 saturated heterocycles. The summed E-state index contributed by atoms with van der Waals surface area (Å²) in [6.45, 7) is 5.15. The van der Waals surface area contributed by atoms with Crippen LogP contribution in [0, 0.1) is 6.92 Å². The minimum atomic E-state index is 0.171. The maximum absolute atomic E-state index is 6.02. The first-order valence-electron chi connectivity index (χ1n) is 5.97. The summed E-state index contributed by atoms with van der Waals surface area (Å²) in [6.07, 6.45) is 0. The van der Waals surface area contributed by atoms with E-state index in [1.165, 1.54) is 15.3 Å². The number of hydrogen-bond donors (Lipinski definition) is 1. The van der Waals surface area contributed by atoms with Gasteiger partial charge in [-0.3, -0.25) is 0 Å². The fraction of sp³-hybridized carbons (Fsp3) is 0.286. The van der Waals surface area contributed by atoms with Gasteiger partial charge in [0.1, 0.15) is 0 Å². The quantitative estimate of drug-likeness (QED) is 0.642. The van der Waals surface area contributed by atoms with Crippen LogP contribution >= 0.6 is 54.8 Å². The summed E-state index contributed by atoms with van der Waals surface area (Å²) in [5.41, 5.74) is 1.20. The molecule has 1 aromatic carbocycles. The van der Waals surface area contributed by atoms with Crippen LogP contribution in [-0.4, -0.2) is 6.54 Å². The molecule has 5 heteroatoms. The molecule has 0 saturated carbocycles. The monoisotopic (exact) mass is 421 g/mol. The summed E-state index contributed by atoms with van der Waals surface area (Å²) >= 11 is 15.1. The van der Waals surface area contributed by atoms with Crippen molar-refractivity contribution in [1.82, 2.24) is 5.32 Å². The summed E-state index contributed by atoms with van der Waals surface area (Å²) in [5.74, 6) is 0. The molecule has 1 N–H and O–H groups in total. The van der Waals surface area contributed by atoms with Gasteiger partial charge in [0.25, 0.3) is 0 Å². The molecule has 0 aliphatic rings. The van der Waals surface area contributed by atoms with Gasteiger partial charge < -0.3 is 5.32 Å². The Labute approximate surface area is 139 Å². The summed E-state index contributed by atoms with van der Waals surface area (Å²) in [5, 5.41) is 4.28. The van der Waals surface area contributed by atoms with Crippen LogP contribution < -0.4 is 5.32 Å². The average molecular weight is 424 g/mol. The number of benzene rings is 1. The van der Waals surface area contributed by atoms with Crippen LogP contribution in [0.25, 0.3) is 0 Å². The van der Waals surface area contributed by atoms with Gasteiger partial charge in [-0.2, -0.15) is 0 Å². The standard InChI is InChI=1S/C14H14Br2ClNS/c1-3-18-13(14-12(16)6-8(2)19-14)10-5-4-9(17)7-11(10)15/h4-7,13,18H,3H2,1-2H3. The van der Waals surface area contributed by atoms with Crippen LogP contribution in [0.15, 0.2) is 33.2 Å². The Hall–Kier alpha value is 0.130. The molecule has 0 amide bonds. The molecule has 0 aliphatic heterocycles. The fourth-order valence-corrected chi connectivity index (χ4v) is 4.87. The lowest BCUT2D eigenvalue weighted by molar-refractivity contribution is 0.636. The van der Waals surface area contributed by atoms with E-state index in [0.29, 0.717) is 0 Å². The Morgan fingerprint density at radius 2 is 2.00 bits per heavy atom. The van der Waals surface area contributed by atoms with Crippen molar-refractivity contribution in [3.05, 3.63) is 53.6 Å². The predicted molar refractivity (Wildman–Crippen MR) is 91.4 cm³/mol. The van der Waals surface area contributed by atoms with Gasteiger partial charge in [-0.15, -0.1) is 11.3 Å². The first kappa shape index (κ1) is 15.5. The van der Waals surface area contributed by atoms with E-state index in [4.69, 9.17) is 11.6 Å². The normalized spacial score (nSPS) is 12.7. The lowest BCUT2D eigenvalue weighted by Crippen LogP contribution is -2.21. The van der Waals surface area contributed by atoms with Crippen molar-refractivity contribution in [2.45, 2.75) is 19.9 Å². The summed E-state index contributed by atoms with van der Waals surface area (Å²) in [6, 6.07) is 8.27. The molecule has 1 atom stereocenters. The van der Waals surface area contributed by atoms with Crippen LogP contribution in [0.1, 0.15) is 28.3 Å². The molecule has 0 radical (unpaired) electrons. The molecule has 102 valence electrons. The highest BCUT2D eigenvalue weighted by Crippen LogP contribution is 2.38. The number of rotatable bonds is 4. The first-order chi connectivity index (χ1) is 9.02. The van der Waals surface area contributed by atoms with Crippen LogP contribution in [-0.2, 0) is 0 Å². The van der Waals surface area contributed by atoms with Gasteiger partial charge in [0.15, 0.2) is 0 Å². The maximum atomic E-state index is 6.02. The van der Waals surface area contributed by atoms with E-state index in [-0.39, 0.29) is 6.04 Å². The van der Waals surface area contributed by atoms with Gasteiger partial charge >= 0.3 is 0 Å². The lowest BCUT2D eigenvalue weighted by atomic mass is 10.1. The number of thiophene rings is 1. The van der Waals surface area contributed by atoms with E-state index in [0.717, 1.165) is 20.5 Å². The smallest absolute Gasteiger partial charge is 0.0693 e. The van der Waals surface area contributed by atoms with Crippen molar-refractivity contribution in [2.24, 2.45) is 0 Å². The molecule has 0 spiro atoms. The molecule has 1 aromatic heterocycles. The van der Waals surface area contributed by atoms with Crippen LogP contribution in [0.3, 0.4) is 0 Å². The Bertz CT molecular complexity index is 583. The van der Waals surface area contributed by atoms with Gasteiger partial charge in [0.05, 0.1) is 6.04 Å². The van der Waals surface area contributed by atoms with E-state index in [9.17, 15) is 0 Å². The Morgan fingerprint density at radius 1 is 1.26 bits per heavy atom. The third kappa shape index (κ3) is 3.61. The van der Waals surface area contributed by atoms with Crippen molar-refractivity contribution >= 4 is 54.8 Å². The van der Waals surface area contributed by atoms with Gasteiger partial charge in [0.2, 0.25) is 0 Å². The van der Waals surface area contributed by atoms with Gasteiger partial charge in [-0.25, -0.2) is 0 Å². The number of nitrogens with one attached hydrogen (secondary N) is 1. The summed E-state index contributed by atoms with van der Waals surface area (Å²) in [7, 11) is 0. The molecule has 2 rings (SSSR count). The van der Waals surface area contributed by atoms with Crippen molar-refractivity contribution in [3.8, 4) is 0 Å². The Balaban J connectivity index is 2.48. The maximum Gasteiger partial charge on any atom is 0.0693 e. The van der Waals surface area contributed by atoms with Crippen molar-refractivity contribution in [2.75, 3.05) is 6.54 Å². The van der Waals surface area contributed by atoms with Crippen molar-refractivity contribution < 1.29 is 0 Å². The van der Waals surface area contributed by atoms with E-state index in [1.54, 1.807) is 11.3 Å². The second-order valence-corrected chi connectivity index (χ2v) is 7.66. The van der Waals surface area contributed by atoms with Crippen LogP contribution in [0.5, 0.6) is 0 Å². The van der Waals surface area contributed by atoms with E-state index < -0.39 is 0 Å². The van der Waals surface area contributed by atoms with E-state index in [1.807, 2.05) is 12.1 Å². The van der Waals surface area contributed by atoms with E-state index >= 15 is 0 Å². The SMILES string of the molecule is CCNC(c1ccc(Cl)cc1Br)c1sc(C)cc1Br. The second-order valence-electron chi connectivity index (χ2n) is 4.23. The fourth-order valence-electron chi connectivity index (χ4n) is 1.98. The minimum absolute atomic E-state index is 0.171. The molecule has 0 aliphatic carbocycles. The van der Waals surface area contributed by atoms with Crippen LogP contribution in [0.2, 0.25) is 5.02 Å². The Kier molecular flexibility index (Phi) is 5.49. The van der Waals surface area contributed by atoms with Gasteiger partial charge in [-0.05, 0) is 53.2 Å². The molecular formula is C14H14Br2ClNS. The molecule has 19 heavy (non-hydrogen) atoms. The zero-order valence-electron chi connectivity index (χ0n) is 10.6. The third-order valence-corrected chi connectivity index (χ3v) is 5.74. The molecule has 0 bridgehead atoms. The third-order valence-electron chi connectivity index (χ3n) is 2.78. The molecule has 1 nitrogen and oxygen atoms in total.